The Morgan fingerprint density at radius 2 is 2.11 bits per heavy atom. The van der Waals surface area contributed by atoms with E-state index in [4.69, 9.17) is 0 Å². The van der Waals surface area contributed by atoms with Crippen LogP contribution in [0.4, 0.5) is 5.69 Å². The molecule has 0 spiro atoms. The van der Waals surface area contributed by atoms with Crippen molar-refractivity contribution in [2.45, 2.75) is 40.3 Å². The van der Waals surface area contributed by atoms with Gasteiger partial charge in [-0.2, -0.15) is 5.10 Å². The Hall–Kier alpha value is -1.77. The number of benzene rings is 1. The highest BCUT2D eigenvalue weighted by molar-refractivity contribution is 5.57. The smallest absolute Gasteiger partial charge is 0.0539 e. The number of aryl methyl sites for hydroxylation is 3. The van der Waals surface area contributed by atoms with Crippen LogP contribution in [0.2, 0.25) is 0 Å². The molecule has 18 heavy (non-hydrogen) atoms. The number of aromatic nitrogens is 2. The molecule has 1 heterocycles. The highest BCUT2D eigenvalue weighted by atomic mass is 15.3. The zero-order valence-corrected chi connectivity index (χ0v) is 11.4. The monoisotopic (exact) mass is 243 g/mol. The van der Waals surface area contributed by atoms with E-state index in [1.807, 2.05) is 10.9 Å². The van der Waals surface area contributed by atoms with E-state index in [0.717, 1.165) is 19.5 Å². The van der Waals surface area contributed by atoms with E-state index >= 15 is 0 Å². The average Bonchev–Trinajstić information content (AvgIpc) is 2.85. The van der Waals surface area contributed by atoms with Gasteiger partial charge in [0.15, 0.2) is 0 Å². The Labute approximate surface area is 109 Å². The van der Waals surface area contributed by atoms with Crippen LogP contribution in [0.15, 0.2) is 30.6 Å². The van der Waals surface area contributed by atoms with Crippen molar-refractivity contribution in [3.8, 4) is 0 Å². The van der Waals surface area contributed by atoms with Gasteiger partial charge in [-0.1, -0.05) is 25.1 Å². The van der Waals surface area contributed by atoms with E-state index in [1.165, 1.54) is 22.4 Å². The lowest BCUT2D eigenvalue weighted by atomic mass is 10.1. The number of hydrogen-bond donors (Lipinski definition) is 1. The Bertz CT molecular complexity index is 514. The molecule has 0 fully saturated rings. The minimum Gasteiger partial charge on any atom is -0.380 e. The zero-order chi connectivity index (χ0) is 13.0. The van der Waals surface area contributed by atoms with Gasteiger partial charge in [0.25, 0.3) is 0 Å². The van der Waals surface area contributed by atoms with Gasteiger partial charge in [0.05, 0.1) is 6.20 Å². The number of anilines is 1. The van der Waals surface area contributed by atoms with E-state index in [0.29, 0.717) is 0 Å². The fourth-order valence-electron chi connectivity index (χ4n) is 2.14. The number of rotatable bonds is 5. The van der Waals surface area contributed by atoms with Gasteiger partial charge in [-0.25, -0.2) is 0 Å². The first kappa shape index (κ1) is 12.7. The molecule has 0 atom stereocenters. The fourth-order valence-corrected chi connectivity index (χ4v) is 2.14. The van der Waals surface area contributed by atoms with Crippen molar-refractivity contribution in [1.29, 1.82) is 0 Å². The Balaban J connectivity index is 2.10. The normalized spacial score (nSPS) is 10.6. The molecule has 1 aromatic carbocycles. The molecule has 96 valence electrons. The third-order valence-electron chi connectivity index (χ3n) is 3.22. The van der Waals surface area contributed by atoms with Gasteiger partial charge >= 0.3 is 0 Å². The molecule has 0 aliphatic carbocycles. The van der Waals surface area contributed by atoms with Crippen LogP contribution in [-0.2, 0) is 19.5 Å². The lowest BCUT2D eigenvalue weighted by molar-refractivity contribution is 0.659. The molecule has 3 heteroatoms. The average molecular weight is 243 g/mol. The van der Waals surface area contributed by atoms with Gasteiger partial charge in [-0.05, 0) is 31.4 Å². The maximum atomic E-state index is 4.29. The summed E-state index contributed by atoms with van der Waals surface area (Å²) in [5.41, 5.74) is 5.17. The SMILES string of the molecule is CCc1cccc(C)c1NCc1cnn(CC)c1. The number of hydrogen-bond acceptors (Lipinski definition) is 2. The molecule has 0 saturated heterocycles. The highest BCUT2D eigenvalue weighted by Crippen LogP contribution is 2.21. The second-order valence-corrected chi connectivity index (χ2v) is 4.52. The van der Waals surface area contributed by atoms with Gasteiger partial charge in [0.2, 0.25) is 0 Å². The van der Waals surface area contributed by atoms with E-state index in [2.05, 4.69) is 55.6 Å². The van der Waals surface area contributed by atoms with Gasteiger partial charge < -0.3 is 5.32 Å². The van der Waals surface area contributed by atoms with Gasteiger partial charge in [-0.15, -0.1) is 0 Å². The minimum absolute atomic E-state index is 0.831. The molecule has 0 aliphatic heterocycles. The van der Waals surface area contributed by atoms with E-state index in [9.17, 15) is 0 Å². The second-order valence-electron chi connectivity index (χ2n) is 4.52. The molecule has 3 nitrogen and oxygen atoms in total. The summed E-state index contributed by atoms with van der Waals surface area (Å²) in [5.74, 6) is 0. The molecule has 0 saturated carbocycles. The number of nitrogens with one attached hydrogen (secondary N) is 1. The van der Waals surface area contributed by atoms with Crippen molar-refractivity contribution in [2.75, 3.05) is 5.32 Å². The molecule has 0 aliphatic rings. The van der Waals surface area contributed by atoms with E-state index < -0.39 is 0 Å². The highest BCUT2D eigenvalue weighted by Gasteiger charge is 2.04. The summed E-state index contributed by atoms with van der Waals surface area (Å²) in [6.45, 7) is 8.19. The lowest BCUT2D eigenvalue weighted by Gasteiger charge is -2.13. The second kappa shape index (κ2) is 5.71. The predicted octanol–water partition coefficient (Wildman–Crippen LogP) is 3.39. The molecular formula is C15H21N3. The van der Waals surface area contributed by atoms with Gasteiger partial charge in [-0.3, -0.25) is 4.68 Å². The van der Waals surface area contributed by atoms with Crippen LogP contribution in [0, 0.1) is 6.92 Å². The summed E-state index contributed by atoms with van der Waals surface area (Å²) < 4.78 is 1.95. The fraction of sp³-hybridized carbons (Fsp3) is 0.400. The van der Waals surface area contributed by atoms with Crippen molar-refractivity contribution in [1.82, 2.24) is 9.78 Å². The third kappa shape index (κ3) is 2.73. The summed E-state index contributed by atoms with van der Waals surface area (Å²) in [7, 11) is 0. The molecular weight excluding hydrogens is 222 g/mol. The van der Waals surface area contributed by atoms with Crippen LogP contribution in [0.3, 0.4) is 0 Å². The molecule has 0 unspecified atom stereocenters. The van der Waals surface area contributed by atoms with Crippen LogP contribution in [0.1, 0.15) is 30.5 Å². The van der Waals surface area contributed by atoms with Crippen molar-refractivity contribution >= 4 is 5.69 Å². The molecule has 0 amide bonds. The first-order valence-corrected chi connectivity index (χ1v) is 6.58. The van der Waals surface area contributed by atoms with Crippen LogP contribution >= 0.6 is 0 Å². The molecule has 2 aromatic rings. The van der Waals surface area contributed by atoms with Crippen molar-refractivity contribution in [3.05, 3.63) is 47.3 Å². The quantitative estimate of drug-likeness (QED) is 0.872. The Morgan fingerprint density at radius 3 is 2.78 bits per heavy atom. The van der Waals surface area contributed by atoms with Crippen LogP contribution < -0.4 is 5.32 Å². The Kier molecular flexibility index (Phi) is 4.03. The predicted molar refractivity (Wildman–Crippen MR) is 75.8 cm³/mol. The number of nitrogens with zero attached hydrogens (tertiary/aromatic N) is 2. The maximum absolute atomic E-state index is 4.29. The molecule has 0 bridgehead atoms. The first-order valence-electron chi connectivity index (χ1n) is 6.58. The van der Waals surface area contributed by atoms with Gasteiger partial charge in [0.1, 0.15) is 0 Å². The summed E-state index contributed by atoms with van der Waals surface area (Å²) >= 11 is 0. The summed E-state index contributed by atoms with van der Waals surface area (Å²) in [4.78, 5) is 0. The van der Waals surface area contributed by atoms with Crippen LogP contribution in [0.25, 0.3) is 0 Å². The summed E-state index contributed by atoms with van der Waals surface area (Å²) in [5, 5.41) is 7.82. The first-order chi connectivity index (χ1) is 8.74. The van der Waals surface area contributed by atoms with Crippen molar-refractivity contribution < 1.29 is 0 Å². The third-order valence-corrected chi connectivity index (χ3v) is 3.22. The molecule has 0 radical (unpaired) electrons. The summed E-state index contributed by atoms with van der Waals surface area (Å²) in [6, 6.07) is 6.45. The zero-order valence-electron chi connectivity index (χ0n) is 11.4. The number of para-hydroxylation sites is 1. The Morgan fingerprint density at radius 1 is 1.28 bits per heavy atom. The van der Waals surface area contributed by atoms with Crippen molar-refractivity contribution in [2.24, 2.45) is 0 Å². The lowest BCUT2D eigenvalue weighted by Crippen LogP contribution is -2.03. The topological polar surface area (TPSA) is 29.9 Å². The van der Waals surface area contributed by atoms with Crippen LogP contribution in [-0.4, -0.2) is 9.78 Å². The standard InChI is InChI=1S/C15H21N3/c1-4-14-8-6-7-12(3)15(14)16-9-13-10-17-18(5-2)11-13/h6-8,10-11,16H,4-5,9H2,1-3H3. The van der Waals surface area contributed by atoms with Gasteiger partial charge in [0, 0.05) is 30.5 Å². The van der Waals surface area contributed by atoms with E-state index in [-0.39, 0.29) is 0 Å². The largest absolute Gasteiger partial charge is 0.380 e. The molecule has 2 rings (SSSR count). The molecule has 1 aromatic heterocycles. The summed E-state index contributed by atoms with van der Waals surface area (Å²) in [6.07, 6.45) is 5.08. The van der Waals surface area contributed by atoms with E-state index in [1.54, 1.807) is 0 Å². The van der Waals surface area contributed by atoms with Crippen molar-refractivity contribution in [3.63, 3.8) is 0 Å². The maximum Gasteiger partial charge on any atom is 0.0539 e. The minimum atomic E-state index is 0.831. The molecule has 1 N–H and O–H groups in total. The van der Waals surface area contributed by atoms with Crippen LogP contribution in [0.5, 0.6) is 0 Å².